The van der Waals surface area contributed by atoms with E-state index in [1.807, 2.05) is 41.2 Å². The van der Waals surface area contributed by atoms with Gasteiger partial charge in [-0.2, -0.15) is 5.10 Å². The predicted octanol–water partition coefficient (Wildman–Crippen LogP) is 2.93. The number of nitrogens with one attached hydrogen (secondary N) is 1. The first-order valence-electron chi connectivity index (χ1n) is 9.25. The van der Waals surface area contributed by atoms with Gasteiger partial charge in [-0.15, -0.1) is 0 Å². The summed E-state index contributed by atoms with van der Waals surface area (Å²) < 4.78 is 1.83. The van der Waals surface area contributed by atoms with Crippen LogP contribution >= 0.6 is 0 Å². The van der Waals surface area contributed by atoms with Gasteiger partial charge < -0.3 is 5.32 Å². The van der Waals surface area contributed by atoms with E-state index in [1.165, 1.54) is 4.90 Å². The number of benzene rings is 1. The fraction of sp³-hybridized carbons (Fsp3) is 0.450. The maximum Gasteiger partial charge on any atom is 0.325 e. The molecule has 26 heavy (non-hydrogen) atoms. The number of amides is 3. The molecule has 1 aromatic carbocycles. The van der Waals surface area contributed by atoms with Crippen LogP contribution in [0.15, 0.2) is 42.7 Å². The van der Waals surface area contributed by atoms with Gasteiger partial charge in [-0.3, -0.25) is 14.4 Å². The minimum Gasteiger partial charge on any atom is -0.323 e. The number of rotatable bonds is 4. The maximum atomic E-state index is 13.0. The molecule has 1 spiro atoms. The van der Waals surface area contributed by atoms with Crippen molar-refractivity contribution in [2.45, 2.75) is 51.2 Å². The van der Waals surface area contributed by atoms with Gasteiger partial charge in [0, 0.05) is 11.8 Å². The minimum absolute atomic E-state index is 0.0788. The first-order valence-corrected chi connectivity index (χ1v) is 9.25. The van der Waals surface area contributed by atoms with E-state index >= 15 is 0 Å². The fourth-order valence-corrected chi connectivity index (χ4v) is 4.21. The summed E-state index contributed by atoms with van der Waals surface area (Å²) in [6.45, 7) is 3.09. The zero-order valence-corrected chi connectivity index (χ0v) is 15.0. The molecule has 3 amide bonds. The van der Waals surface area contributed by atoms with E-state index in [0.717, 1.165) is 36.8 Å². The van der Waals surface area contributed by atoms with Crippen LogP contribution in [0, 0.1) is 5.92 Å². The zero-order chi connectivity index (χ0) is 18.1. The van der Waals surface area contributed by atoms with Crippen LogP contribution in [-0.2, 0) is 17.9 Å². The highest BCUT2D eigenvalue weighted by atomic mass is 16.2. The molecule has 1 saturated carbocycles. The number of carbonyl (C=O) groups excluding carboxylic acids is 2. The lowest BCUT2D eigenvalue weighted by molar-refractivity contribution is -0.133. The van der Waals surface area contributed by atoms with Crippen molar-refractivity contribution in [1.82, 2.24) is 20.0 Å². The number of carbonyl (C=O) groups is 2. The minimum atomic E-state index is -0.686. The molecule has 2 heterocycles. The van der Waals surface area contributed by atoms with Gasteiger partial charge in [0.15, 0.2) is 0 Å². The highest BCUT2D eigenvalue weighted by molar-refractivity contribution is 6.07. The molecule has 6 nitrogen and oxygen atoms in total. The number of urea groups is 1. The standard InChI is InChI=1S/C20H24N4O2/c1-15-6-5-9-20(10-15)18(25)24(19(26)22-20)14-17-11-21-23(13-17)12-16-7-3-2-4-8-16/h2-4,7-8,11,13,15H,5-6,9-10,12,14H2,1H3,(H,22,26)/t15-,20-/m1/s1. The predicted molar refractivity (Wildman–Crippen MR) is 97.2 cm³/mol. The molecule has 1 aliphatic carbocycles. The highest BCUT2D eigenvalue weighted by Crippen LogP contribution is 2.37. The molecule has 4 rings (SSSR count). The molecule has 1 aliphatic heterocycles. The number of nitrogens with zero attached hydrogens (tertiary/aromatic N) is 3. The van der Waals surface area contributed by atoms with Gasteiger partial charge in [-0.1, -0.05) is 50.1 Å². The van der Waals surface area contributed by atoms with Crippen molar-refractivity contribution >= 4 is 11.9 Å². The van der Waals surface area contributed by atoms with E-state index in [4.69, 9.17) is 0 Å². The fourth-order valence-electron chi connectivity index (χ4n) is 4.21. The third-order valence-corrected chi connectivity index (χ3v) is 5.46. The third-order valence-electron chi connectivity index (χ3n) is 5.46. The molecule has 1 aromatic heterocycles. The van der Waals surface area contributed by atoms with Crippen molar-refractivity contribution in [2.24, 2.45) is 5.92 Å². The molecule has 2 fully saturated rings. The Morgan fingerprint density at radius 1 is 1.19 bits per heavy atom. The third kappa shape index (κ3) is 3.11. The molecule has 2 aromatic rings. The van der Waals surface area contributed by atoms with Crippen molar-refractivity contribution in [3.05, 3.63) is 53.9 Å². The second-order valence-electron chi connectivity index (χ2n) is 7.64. The van der Waals surface area contributed by atoms with E-state index < -0.39 is 5.54 Å². The van der Waals surface area contributed by atoms with Crippen molar-refractivity contribution in [2.75, 3.05) is 0 Å². The van der Waals surface area contributed by atoms with Crippen LogP contribution in [0.2, 0.25) is 0 Å². The lowest BCUT2D eigenvalue weighted by Crippen LogP contribution is -2.50. The summed E-state index contributed by atoms with van der Waals surface area (Å²) in [5.74, 6) is 0.381. The van der Waals surface area contributed by atoms with Crippen LogP contribution in [0.25, 0.3) is 0 Å². The average molecular weight is 352 g/mol. The SMILES string of the molecule is C[C@@H]1CCC[C@]2(C1)NC(=O)N(Cc1cnn(Cc3ccccc3)c1)C2=O. The van der Waals surface area contributed by atoms with Gasteiger partial charge in [-0.05, 0) is 24.3 Å². The van der Waals surface area contributed by atoms with E-state index in [0.29, 0.717) is 12.5 Å². The van der Waals surface area contributed by atoms with Crippen molar-refractivity contribution < 1.29 is 9.59 Å². The molecule has 0 bridgehead atoms. The summed E-state index contributed by atoms with van der Waals surface area (Å²) in [5, 5.41) is 7.34. The molecule has 1 N–H and O–H groups in total. The van der Waals surface area contributed by atoms with Gasteiger partial charge in [0.2, 0.25) is 0 Å². The van der Waals surface area contributed by atoms with Gasteiger partial charge in [-0.25, -0.2) is 4.79 Å². The average Bonchev–Trinajstić information content (AvgIpc) is 3.14. The molecule has 6 heteroatoms. The van der Waals surface area contributed by atoms with E-state index in [1.54, 1.807) is 6.20 Å². The van der Waals surface area contributed by atoms with E-state index in [9.17, 15) is 9.59 Å². The Balaban J connectivity index is 1.46. The molecule has 0 unspecified atom stereocenters. The van der Waals surface area contributed by atoms with Gasteiger partial charge >= 0.3 is 6.03 Å². The topological polar surface area (TPSA) is 67.2 Å². The largest absolute Gasteiger partial charge is 0.325 e. The lowest BCUT2D eigenvalue weighted by Gasteiger charge is -2.34. The second-order valence-corrected chi connectivity index (χ2v) is 7.64. The second kappa shape index (κ2) is 6.59. The Morgan fingerprint density at radius 2 is 2.00 bits per heavy atom. The monoisotopic (exact) mass is 352 g/mol. The van der Waals surface area contributed by atoms with Crippen LogP contribution in [-0.4, -0.2) is 32.2 Å². The number of aromatic nitrogens is 2. The molecule has 0 radical (unpaired) electrons. The molecule has 1 saturated heterocycles. The quantitative estimate of drug-likeness (QED) is 0.861. The Hall–Kier alpha value is -2.63. The van der Waals surface area contributed by atoms with Crippen LogP contribution in [0.1, 0.15) is 43.7 Å². The van der Waals surface area contributed by atoms with Gasteiger partial charge in [0.25, 0.3) is 5.91 Å². The van der Waals surface area contributed by atoms with Crippen LogP contribution in [0.4, 0.5) is 4.79 Å². The molecule has 136 valence electrons. The maximum absolute atomic E-state index is 13.0. The Bertz CT molecular complexity index is 816. The molecule has 2 aliphatic rings. The molecule has 2 atom stereocenters. The Labute approximate surface area is 153 Å². The van der Waals surface area contributed by atoms with E-state index in [2.05, 4.69) is 17.3 Å². The summed E-state index contributed by atoms with van der Waals surface area (Å²) in [6, 6.07) is 9.80. The summed E-state index contributed by atoms with van der Waals surface area (Å²) in [7, 11) is 0. The van der Waals surface area contributed by atoms with Crippen LogP contribution < -0.4 is 5.32 Å². The lowest BCUT2D eigenvalue weighted by atomic mass is 9.76. The van der Waals surface area contributed by atoms with Crippen molar-refractivity contribution in [3.8, 4) is 0 Å². The molecular formula is C20H24N4O2. The highest BCUT2D eigenvalue weighted by Gasteiger charge is 2.52. The smallest absolute Gasteiger partial charge is 0.323 e. The summed E-state index contributed by atoms with van der Waals surface area (Å²) in [6.07, 6.45) is 7.22. The van der Waals surface area contributed by atoms with E-state index in [-0.39, 0.29) is 18.5 Å². The first kappa shape index (κ1) is 16.8. The summed E-state index contributed by atoms with van der Waals surface area (Å²) >= 11 is 0. The van der Waals surface area contributed by atoms with Crippen LogP contribution in [0.3, 0.4) is 0 Å². The Morgan fingerprint density at radius 3 is 2.77 bits per heavy atom. The normalized spacial score (nSPS) is 25.7. The van der Waals surface area contributed by atoms with Crippen molar-refractivity contribution in [1.29, 1.82) is 0 Å². The van der Waals surface area contributed by atoms with Crippen LogP contribution in [0.5, 0.6) is 0 Å². The number of imide groups is 1. The van der Waals surface area contributed by atoms with Gasteiger partial charge in [0.1, 0.15) is 5.54 Å². The Kier molecular flexibility index (Phi) is 4.26. The number of hydrogen-bond donors (Lipinski definition) is 1. The zero-order valence-electron chi connectivity index (χ0n) is 15.0. The van der Waals surface area contributed by atoms with Gasteiger partial charge in [0.05, 0.1) is 19.3 Å². The summed E-state index contributed by atoms with van der Waals surface area (Å²) in [4.78, 5) is 26.7. The molecular weight excluding hydrogens is 328 g/mol. The number of hydrogen-bond acceptors (Lipinski definition) is 3. The van der Waals surface area contributed by atoms with Crippen molar-refractivity contribution in [3.63, 3.8) is 0 Å². The summed E-state index contributed by atoms with van der Waals surface area (Å²) in [5.41, 5.74) is 1.34. The first-order chi connectivity index (χ1) is 12.6.